The van der Waals surface area contributed by atoms with Gasteiger partial charge in [0.1, 0.15) is 5.75 Å². The van der Waals surface area contributed by atoms with E-state index in [2.05, 4.69) is 30.7 Å². The highest BCUT2D eigenvalue weighted by Gasteiger charge is 2.21. The number of hydrogen-bond acceptors (Lipinski definition) is 3. The van der Waals surface area contributed by atoms with Gasteiger partial charge in [0.15, 0.2) is 0 Å². The van der Waals surface area contributed by atoms with Crippen molar-refractivity contribution in [2.45, 2.75) is 26.2 Å². The molecule has 0 saturated carbocycles. The van der Waals surface area contributed by atoms with Gasteiger partial charge in [0.25, 0.3) is 0 Å². The Morgan fingerprint density at radius 3 is 1.61 bits per heavy atom. The fraction of sp³-hybridized carbons (Fsp3) is 0.200. The number of hydrogen-bond donors (Lipinski definition) is 1. The van der Waals surface area contributed by atoms with E-state index in [1.807, 2.05) is 48.5 Å². The second-order valence-electron chi connectivity index (χ2n) is 6.60. The summed E-state index contributed by atoms with van der Waals surface area (Å²) in [5.41, 5.74) is 4.08. The van der Waals surface area contributed by atoms with Gasteiger partial charge >= 0.3 is 0 Å². The zero-order valence-electron chi connectivity index (χ0n) is 13.6. The Bertz CT molecular complexity index is 746. The molecule has 2 aromatic heterocycles. The summed E-state index contributed by atoms with van der Waals surface area (Å²) in [7, 11) is 0. The van der Waals surface area contributed by atoms with Crippen molar-refractivity contribution < 1.29 is 5.11 Å². The Morgan fingerprint density at radius 1 is 0.783 bits per heavy atom. The van der Waals surface area contributed by atoms with Crippen LogP contribution < -0.4 is 0 Å². The predicted octanol–water partition coefficient (Wildman–Crippen LogP) is 4.81. The monoisotopic (exact) mass is 304 g/mol. The van der Waals surface area contributed by atoms with Gasteiger partial charge < -0.3 is 5.11 Å². The fourth-order valence-electron chi connectivity index (χ4n) is 2.50. The minimum absolute atomic E-state index is 0.0409. The molecule has 23 heavy (non-hydrogen) atoms. The highest BCUT2D eigenvalue weighted by atomic mass is 16.3. The Morgan fingerprint density at radius 2 is 1.26 bits per heavy atom. The largest absolute Gasteiger partial charge is 0.507 e. The van der Waals surface area contributed by atoms with E-state index < -0.39 is 0 Å². The van der Waals surface area contributed by atoms with Crippen molar-refractivity contribution in [3.63, 3.8) is 0 Å². The van der Waals surface area contributed by atoms with E-state index in [9.17, 15) is 5.11 Å². The van der Waals surface area contributed by atoms with Crippen LogP contribution in [0.3, 0.4) is 0 Å². The molecule has 3 heteroatoms. The van der Waals surface area contributed by atoms with Crippen molar-refractivity contribution in [1.82, 2.24) is 9.97 Å². The van der Waals surface area contributed by atoms with Crippen LogP contribution in [-0.2, 0) is 5.41 Å². The molecule has 0 radical (unpaired) electrons. The molecule has 1 N–H and O–H groups in total. The van der Waals surface area contributed by atoms with Gasteiger partial charge in [0.2, 0.25) is 0 Å². The summed E-state index contributed by atoms with van der Waals surface area (Å²) < 4.78 is 0. The molecule has 116 valence electrons. The minimum atomic E-state index is -0.0409. The minimum Gasteiger partial charge on any atom is -0.507 e. The molecule has 3 aromatic rings. The first-order valence-corrected chi connectivity index (χ1v) is 7.67. The molecule has 0 saturated heterocycles. The molecular formula is C20H20N2O. The van der Waals surface area contributed by atoms with E-state index in [1.165, 1.54) is 0 Å². The van der Waals surface area contributed by atoms with Crippen LogP contribution in [0.5, 0.6) is 5.75 Å². The first-order valence-electron chi connectivity index (χ1n) is 7.67. The van der Waals surface area contributed by atoms with Crippen molar-refractivity contribution in [3.05, 3.63) is 66.5 Å². The highest BCUT2D eigenvalue weighted by Crippen LogP contribution is 2.40. The first kappa shape index (κ1) is 15.2. The average Bonchev–Trinajstić information content (AvgIpc) is 2.55. The molecule has 3 nitrogen and oxygen atoms in total. The second-order valence-corrected chi connectivity index (χ2v) is 6.60. The van der Waals surface area contributed by atoms with Crippen LogP contribution in [-0.4, -0.2) is 15.1 Å². The fourth-order valence-corrected chi connectivity index (χ4v) is 2.50. The van der Waals surface area contributed by atoms with Gasteiger partial charge in [-0.25, -0.2) is 0 Å². The predicted molar refractivity (Wildman–Crippen MR) is 93.3 cm³/mol. The van der Waals surface area contributed by atoms with Crippen molar-refractivity contribution in [2.75, 3.05) is 0 Å². The van der Waals surface area contributed by atoms with Gasteiger partial charge in [-0.2, -0.15) is 0 Å². The van der Waals surface area contributed by atoms with Crippen LogP contribution in [0.2, 0.25) is 0 Å². The molecule has 0 spiro atoms. The topological polar surface area (TPSA) is 46.0 Å². The summed E-state index contributed by atoms with van der Waals surface area (Å²) in [4.78, 5) is 8.77. The van der Waals surface area contributed by atoms with Gasteiger partial charge in [0, 0.05) is 23.5 Å². The molecular weight excluding hydrogens is 284 g/mol. The lowest BCUT2D eigenvalue weighted by Crippen LogP contribution is -2.11. The number of aromatic hydroxyl groups is 1. The molecule has 0 aliphatic heterocycles. The lowest BCUT2D eigenvalue weighted by atomic mass is 9.83. The van der Waals surface area contributed by atoms with Crippen molar-refractivity contribution in [3.8, 4) is 28.3 Å². The highest BCUT2D eigenvalue weighted by molar-refractivity contribution is 5.80. The van der Waals surface area contributed by atoms with Crippen molar-refractivity contribution in [2.24, 2.45) is 0 Å². The third-order valence-electron chi connectivity index (χ3n) is 3.86. The molecule has 0 aliphatic carbocycles. The number of phenolic OH excluding ortho intramolecular Hbond substituents is 1. The zero-order chi connectivity index (χ0) is 16.4. The van der Waals surface area contributed by atoms with Gasteiger partial charge in [-0.15, -0.1) is 0 Å². The molecule has 0 atom stereocenters. The molecule has 0 amide bonds. The van der Waals surface area contributed by atoms with Crippen molar-refractivity contribution in [1.29, 1.82) is 0 Å². The molecule has 0 fully saturated rings. The summed E-state index contributed by atoms with van der Waals surface area (Å²) >= 11 is 0. The zero-order valence-corrected chi connectivity index (χ0v) is 13.6. The van der Waals surface area contributed by atoms with Gasteiger partial charge in [0.05, 0.1) is 11.4 Å². The van der Waals surface area contributed by atoms with E-state index in [0.29, 0.717) is 0 Å². The second kappa shape index (κ2) is 5.84. The number of rotatable bonds is 2. The van der Waals surface area contributed by atoms with Crippen LogP contribution >= 0.6 is 0 Å². The van der Waals surface area contributed by atoms with Crippen LogP contribution in [0.25, 0.3) is 22.5 Å². The Labute approximate surface area is 136 Å². The van der Waals surface area contributed by atoms with Crippen LogP contribution in [0, 0.1) is 0 Å². The summed E-state index contributed by atoms with van der Waals surface area (Å²) in [6.45, 7) is 6.47. The van der Waals surface area contributed by atoms with E-state index in [-0.39, 0.29) is 11.2 Å². The number of pyridine rings is 2. The van der Waals surface area contributed by atoms with E-state index in [1.54, 1.807) is 12.4 Å². The maximum atomic E-state index is 10.8. The lowest BCUT2D eigenvalue weighted by molar-refractivity contribution is 0.477. The Hall–Kier alpha value is -2.68. The summed E-state index contributed by atoms with van der Waals surface area (Å²) in [6, 6.07) is 15.4. The van der Waals surface area contributed by atoms with Gasteiger partial charge in [-0.1, -0.05) is 32.9 Å². The van der Waals surface area contributed by atoms with Crippen LogP contribution in [0.15, 0.2) is 60.9 Å². The molecule has 3 rings (SSSR count). The Balaban J connectivity index is 2.28. The smallest absolute Gasteiger partial charge is 0.134 e. The van der Waals surface area contributed by atoms with Gasteiger partial charge in [-0.3, -0.25) is 9.97 Å². The number of nitrogens with zero attached hydrogens (tertiary/aromatic N) is 2. The molecule has 0 aliphatic rings. The molecule has 1 aromatic carbocycles. The quantitative estimate of drug-likeness (QED) is 0.738. The standard InChI is InChI=1S/C20H20N2O/c1-20(2,3)14-12-15(17-8-4-6-10-21-17)19(23)16(13-14)18-9-5-7-11-22-18/h4-13,23H,1-3H3. The number of benzene rings is 1. The van der Waals surface area contributed by atoms with Crippen molar-refractivity contribution >= 4 is 0 Å². The summed E-state index contributed by atoms with van der Waals surface area (Å²) in [6.07, 6.45) is 3.47. The van der Waals surface area contributed by atoms with E-state index >= 15 is 0 Å². The Kier molecular flexibility index (Phi) is 3.87. The molecule has 2 heterocycles. The maximum absolute atomic E-state index is 10.8. The summed E-state index contributed by atoms with van der Waals surface area (Å²) in [5, 5.41) is 10.8. The number of aromatic nitrogens is 2. The van der Waals surface area contributed by atoms with E-state index in [0.717, 1.165) is 28.1 Å². The van der Waals surface area contributed by atoms with Gasteiger partial charge in [-0.05, 0) is 47.4 Å². The first-order chi connectivity index (χ1) is 11.0. The summed E-state index contributed by atoms with van der Waals surface area (Å²) in [5.74, 6) is 0.218. The number of phenols is 1. The molecule has 0 unspecified atom stereocenters. The normalized spacial score (nSPS) is 11.4. The maximum Gasteiger partial charge on any atom is 0.134 e. The van der Waals surface area contributed by atoms with Crippen LogP contribution in [0.4, 0.5) is 0 Å². The molecule has 0 bridgehead atoms. The SMILES string of the molecule is CC(C)(C)c1cc(-c2ccccn2)c(O)c(-c2ccccn2)c1. The third kappa shape index (κ3) is 3.09. The van der Waals surface area contributed by atoms with E-state index in [4.69, 9.17) is 0 Å². The lowest BCUT2D eigenvalue weighted by Gasteiger charge is -2.22. The average molecular weight is 304 g/mol. The third-order valence-corrected chi connectivity index (χ3v) is 3.86. The van der Waals surface area contributed by atoms with Crippen LogP contribution in [0.1, 0.15) is 26.3 Å².